The number of halogens is 4. The quantitative estimate of drug-likeness (QED) is 0.469. The first-order valence-electron chi connectivity index (χ1n) is 4.79. The molecule has 1 aromatic carbocycles. The number of hydrogen-bond donors (Lipinski definition) is 0. The second-order valence-electron chi connectivity index (χ2n) is 3.66. The summed E-state index contributed by atoms with van der Waals surface area (Å²) in [7, 11) is -4.51. The molecule has 112 valence electrons. The van der Waals surface area contributed by atoms with E-state index in [1.54, 1.807) is 0 Å². The summed E-state index contributed by atoms with van der Waals surface area (Å²) in [5.74, 6) is -4.55. The lowest BCUT2D eigenvalue weighted by Gasteiger charge is -2.19. The minimum absolute atomic E-state index is 0.212. The van der Waals surface area contributed by atoms with Crippen molar-refractivity contribution in [3.05, 3.63) is 38.9 Å². The Labute approximate surface area is 116 Å². The van der Waals surface area contributed by atoms with Crippen LogP contribution in [0.15, 0.2) is 18.2 Å². The number of nitrogens with zero attached hydrogens (tertiary/aromatic N) is 1. The Morgan fingerprint density at radius 3 is 2.45 bits per heavy atom. The number of nitro benzene ring substituents is 1. The zero-order valence-corrected chi connectivity index (χ0v) is 11.3. The summed E-state index contributed by atoms with van der Waals surface area (Å²) in [6, 6.07) is 2.00. The van der Waals surface area contributed by atoms with Crippen LogP contribution in [0, 0.1) is 10.1 Å². The van der Waals surface area contributed by atoms with Crippen molar-refractivity contribution in [2.24, 2.45) is 0 Å². The van der Waals surface area contributed by atoms with Crippen molar-refractivity contribution < 1.29 is 30.7 Å². The van der Waals surface area contributed by atoms with Crippen LogP contribution in [-0.2, 0) is 20.2 Å². The van der Waals surface area contributed by atoms with Crippen molar-refractivity contribution in [2.45, 2.75) is 12.3 Å². The summed E-state index contributed by atoms with van der Waals surface area (Å²) in [6.45, 7) is 0. The molecule has 0 spiro atoms. The van der Waals surface area contributed by atoms with Crippen LogP contribution >= 0.6 is 11.6 Å². The molecule has 1 atom stereocenters. The molecule has 0 aliphatic rings. The molecule has 1 aromatic rings. The van der Waals surface area contributed by atoms with E-state index in [1.807, 2.05) is 0 Å². The summed E-state index contributed by atoms with van der Waals surface area (Å²) >= 11 is 5.43. The van der Waals surface area contributed by atoms with E-state index in [4.69, 9.17) is 11.6 Å². The Morgan fingerprint density at radius 1 is 1.45 bits per heavy atom. The van der Waals surface area contributed by atoms with Gasteiger partial charge in [0.15, 0.2) is 0 Å². The predicted octanol–water partition coefficient (Wildman–Crippen LogP) is 2.61. The van der Waals surface area contributed by atoms with E-state index in [0.717, 1.165) is 6.07 Å². The lowest BCUT2D eigenvalue weighted by atomic mass is 10.1. The van der Waals surface area contributed by atoms with Crippen LogP contribution in [0.1, 0.15) is 5.56 Å². The normalized spacial score (nSPS) is 14.1. The van der Waals surface area contributed by atoms with Crippen molar-refractivity contribution in [3.63, 3.8) is 0 Å². The number of hydrogen-bond acceptors (Lipinski definition) is 5. The van der Waals surface area contributed by atoms with Crippen molar-refractivity contribution >= 4 is 27.4 Å². The van der Waals surface area contributed by atoms with E-state index in [9.17, 15) is 31.7 Å². The van der Waals surface area contributed by atoms with Crippen LogP contribution in [0.3, 0.4) is 0 Å². The Hall–Kier alpha value is -1.39. The second-order valence-corrected chi connectivity index (χ2v) is 5.70. The summed E-state index contributed by atoms with van der Waals surface area (Å²) in [5.41, 5.74) is -2.50. The molecular weight excluding hydrogens is 327 g/mol. The van der Waals surface area contributed by atoms with E-state index in [-0.39, 0.29) is 5.02 Å². The van der Waals surface area contributed by atoms with Gasteiger partial charge in [-0.15, -0.1) is 0 Å². The van der Waals surface area contributed by atoms with Crippen molar-refractivity contribution in [1.82, 2.24) is 0 Å². The molecule has 0 radical (unpaired) electrons. The molecule has 6 nitrogen and oxygen atoms in total. The molecule has 1 rings (SSSR count). The largest absolute Gasteiger partial charge is 0.335 e. The van der Waals surface area contributed by atoms with Gasteiger partial charge in [-0.2, -0.15) is 17.2 Å². The molecule has 0 aromatic heterocycles. The van der Waals surface area contributed by atoms with Gasteiger partial charge in [-0.25, -0.2) is 8.57 Å². The standard InChI is InChI=1S/C9H7ClF3NO5S/c1-20(17,18)19-8(11)9(12,13)6-3-2-5(10)4-7(6)14(15)16/h2-4,8H,1H3. The zero-order chi connectivity index (χ0) is 15.7. The minimum Gasteiger partial charge on any atom is -0.258 e. The van der Waals surface area contributed by atoms with E-state index in [1.165, 1.54) is 0 Å². The fourth-order valence-corrected chi connectivity index (χ4v) is 1.87. The fraction of sp³-hybridized carbons (Fsp3) is 0.333. The number of benzene rings is 1. The molecule has 0 fully saturated rings. The third-order valence-corrected chi connectivity index (χ3v) is 2.81. The Balaban J connectivity index is 3.31. The highest BCUT2D eigenvalue weighted by atomic mass is 35.5. The van der Waals surface area contributed by atoms with Gasteiger partial charge in [0.1, 0.15) is 5.56 Å². The maximum absolute atomic E-state index is 13.7. The SMILES string of the molecule is CS(=O)(=O)OC(F)C(F)(F)c1ccc(Cl)cc1[N+](=O)[O-]. The van der Waals surface area contributed by atoms with E-state index < -0.39 is 38.6 Å². The Bertz CT molecular complexity index is 636. The highest BCUT2D eigenvalue weighted by molar-refractivity contribution is 7.86. The molecule has 0 saturated heterocycles. The van der Waals surface area contributed by atoms with Crippen LogP contribution < -0.4 is 0 Å². The maximum atomic E-state index is 13.7. The summed E-state index contributed by atoms with van der Waals surface area (Å²) in [6.07, 6.45) is -3.23. The van der Waals surface area contributed by atoms with Crippen LogP contribution in [0.2, 0.25) is 5.02 Å². The molecule has 1 unspecified atom stereocenters. The lowest BCUT2D eigenvalue weighted by Crippen LogP contribution is -2.32. The van der Waals surface area contributed by atoms with Crippen molar-refractivity contribution in [3.8, 4) is 0 Å². The first kappa shape index (κ1) is 16.7. The van der Waals surface area contributed by atoms with Gasteiger partial charge in [0.2, 0.25) is 0 Å². The maximum Gasteiger partial charge on any atom is 0.335 e. The molecule has 0 amide bonds. The Kier molecular flexibility index (Phi) is 4.62. The van der Waals surface area contributed by atoms with Crippen LogP contribution in [0.25, 0.3) is 0 Å². The molecule has 0 aliphatic carbocycles. The van der Waals surface area contributed by atoms with Crippen LogP contribution in [0.5, 0.6) is 0 Å². The molecule has 0 bridgehead atoms. The molecule has 20 heavy (non-hydrogen) atoms. The second kappa shape index (κ2) is 5.54. The molecule has 0 saturated carbocycles. The van der Waals surface area contributed by atoms with E-state index in [0.29, 0.717) is 18.4 Å². The van der Waals surface area contributed by atoms with Gasteiger partial charge in [-0.3, -0.25) is 10.1 Å². The molecule has 0 N–H and O–H groups in total. The summed E-state index contributed by atoms with van der Waals surface area (Å²) in [4.78, 5) is 9.47. The highest BCUT2D eigenvalue weighted by Gasteiger charge is 2.49. The number of alkyl halides is 3. The van der Waals surface area contributed by atoms with Crippen molar-refractivity contribution in [1.29, 1.82) is 0 Å². The summed E-state index contributed by atoms with van der Waals surface area (Å²) < 4.78 is 65.5. The molecule has 0 aliphatic heterocycles. The Morgan fingerprint density at radius 2 is 2.00 bits per heavy atom. The topological polar surface area (TPSA) is 86.5 Å². The van der Waals surface area contributed by atoms with Gasteiger partial charge < -0.3 is 0 Å². The average molecular weight is 334 g/mol. The minimum atomic E-state index is -4.55. The van der Waals surface area contributed by atoms with Gasteiger partial charge in [0, 0.05) is 11.1 Å². The van der Waals surface area contributed by atoms with Crippen LogP contribution in [0.4, 0.5) is 18.9 Å². The number of rotatable bonds is 5. The van der Waals surface area contributed by atoms with Gasteiger partial charge in [0.25, 0.3) is 22.2 Å². The highest BCUT2D eigenvalue weighted by Crippen LogP contribution is 2.40. The third kappa shape index (κ3) is 3.81. The van der Waals surface area contributed by atoms with E-state index in [2.05, 4.69) is 4.18 Å². The van der Waals surface area contributed by atoms with Gasteiger partial charge >= 0.3 is 5.92 Å². The first-order chi connectivity index (χ1) is 8.95. The van der Waals surface area contributed by atoms with Gasteiger partial charge in [0.05, 0.1) is 11.2 Å². The van der Waals surface area contributed by atoms with Gasteiger partial charge in [-0.05, 0) is 12.1 Å². The smallest absolute Gasteiger partial charge is 0.258 e. The van der Waals surface area contributed by atoms with Crippen LogP contribution in [-0.4, -0.2) is 26.0 Å². The molecule has 11 heteroatoms. The first-order valence-corrected chi connectivity index (χ1v) is 6.99. The predicted molar refractivity (Wildman–Crippen MR) is 62.8 cm³/mol. The fourth-order valence-electron chi connectivity index (χ4n) is 1.27. The lowest BCUT2D eigenvalue weighted by molar-refractivity contribution is -0.387. The molecule has 0 heterocycles. The van der Waals surface area contributed by atoms with Crippen molar-refractivity contribution in [2.75, 3.05) is 6.26 Å². The molecular formula is C9H7ClF3NO5S. The number of nitro groups is 1. The monoisotopic (exact) mass is 333 g/mol. The zero-order valence-electron chi connectivity index (χ0n) is 9.72. The van der Waals surface area contributed by atoms with E-state index >= 15 is 0 Å². The average Bonchev–Trinajstić information content (AvgIpc) is 2.25. The third-order valence-electron chi connectivity index (χ3n) is 2.06. The summed E-state index contributed by atoms with van der Waals surface area (Å²) in [5, 5.41) is 10.4. The van der Waals surface area contributed by atoms with Gasteiger partial charge in [-0.1, -0.05) is 11.6 Å².